The van der Waals surface area contributed by atoms with E-state index < -0.39 is 12.7 Å². The third kappa shape index (κ3) is 6.42. The second kappa shape index (κ2) is 12.4. The summed E-state index contributed by atoms with van der Waals surface area (Å²) >= 11 is 8.10. The van der Waals surface area contributed by atoms with Crippen molar-refractivity contribution < 1.29 is 27.8 Å². The van der Waals surface area contributed by atoms with Crippen LogP contribution in [0.25, 0.3) is 0 Å². The second-order valence-corrected chi connectivity index (χ2v) is 13.3. The molecule has 0 aromatic rings. The Morgan fingerprint density at radius 2 is 1.92 bits per heavy atom. The van der Waals surface area contributed by atoms with Gasteiger partial charge in [-0.05, 0) is 50.9 Å². The highest BCUT2D eigenvalue weighted by molar-refractivity contribution is 8.00. The number of ether oxygens (including phenoxy) is 2. The molecule has 11 atom stereocenters. The minimum Gasteiger partial charge on any atom is -0.380 e. The summed E-state index contributed by atoms with van der Waals surface area (Å²) in [5.41, 5.74) is -0.332. The van der Waals surface area contributed by atoms with Gasteiger partial charge in [0.05, 0.1) is 23.6 Å². The van der Waals surface area contributed by atoms with Crippen LogP contribution < -0.4 is 21.3 Å². The number of methoxy groups -OCH3 is 1. The van der Waals surface area contributed by atoms with E-state index in [1.807, 2.05) is 4.90 Å². The maximum absolute atomic E-state index is 13.5. The lowest BCUT2D eigenvalue weighted by Gasteiger charge is -2.45. The summed E-state index contributed by atoms with van der Waals surface area (Å²) in [6.45, 7) is 1.82. The molecule has 0 aromatic carbocycles. The van der Waals surface area contributed by atoms with Gasteiger partial charge < -0.3 is 25.0 Å². The van der Waals surface area contributed by atoms with Crippen molar-refractivity contribution in [2.24, 2.45) is 23.7 Å². The number of nitrogens with zero attached hydrogens (tertiary/aromatic N) is 1. The highest BCUT2D eigenvalue weighted by atomic mass is 35.5. The Morgan fingerprint density at radius 1 is 1.11 bits per heavy atom. The van der Waals surface area contributed by atoms with Gasteiger partial charge in [0.1, 0.15) is 5.50 Å². The van der Waals surface area contributed by atoms with E-state index in [4.69, 9.17) is 16.3 Å². The van der Waals surface area contributed by atoms with Crippen molar-refractivity contribution in [1.82, 2.24) is 26.2 Å². The minimum atomic E-state index is -2.80. The van der Waals surface area contributed by atoms with Gasteiger partial charge in [0, 0.05) is 56.5 Å². The Morgan fingerprint density at radius 3 is 2.66 bits per heavy atom. The summed E-state index contributed by atoms with van der Waals surface area (Å²) in [6.07, 6.45) is 2.57. The number of nitrogens with one attached hydrogen (secondary N) is 4. The van der Waals surface area contributed by atoms with Crippen LogP contribution in [0.2, 0.25) is 0 Å². The molecule has 4 heterocycles. The number of halogens is 3. The summed E-state index contributed by atoms with van der Waals surface area (Å²) in [5.74, 6) is -0.00312. The molecule has 1 saturated carbocycles. The number of hydrogen-bond acceptors (Lipinski definition) is 8. The zero-order chi connectivity index (χ0) is 27.0. The van der Waals surface area contributed by atoms with Crippen LogP contribution in [-0.4, -0.2) is 97.2 Å². The van der Waals surface area contributed by atoms with E-state index in [1.165, 1.54) is 0 Å². The van der Waals surface area contributed by atoms with E-state index in [-0.39, 0.29) is 63.9 Å². The van der Waals surface area contributed by atoms with E-state index in [9.17, 15) is 18.4 Å². The van der Waals surface area contributed by atoms with Gasteiger partial charge in [-0.15, -0.1) is 23.4 Å². The average Bonchev–Trinajstić information content (AvgIpc) is 3.58. The van der Waals surface area contributed by atoms with Crippen molar-refractivity contribution in [2.45, 2.75) is 86.2 Å². The molecule has 0 radical (unpaired) electrons. The Balaban J connectivity index is 1.13. The van der Waals surface area contributed by atoms with Gasteiger partial charge in [-0.25, -0.2) is 0 Å². The Bertz CT molecular complexity index is 851. The lowest BCUT2D eigenvalue weighted by Crippen LogP contribution is -2.57. The average molecular weight is 580 g/mol. The zero-order valence-electron chi connectivity index (χ0n) is 21.9. The number of fused-ring (bicyclic) bond motifs is 1. The number of carbonyl (C=O) groups excluding carboxylic acids is 2. The standard InChI is InChI=1S/C25H40ClF2N5O4S/c1-12-5-15(16-7-21(26)30-9-19(16)36-2)17(8-29-12)22(34)32-25-31-18-10-33(11-20(18)38-25)23(35)13-3-4-14(6-13)37-24(27)28/h12-21,24-25,29-31H,3-11H2,1-2H3,(H,32,34). The topological polar surface area (TPSA) is 104 Å². The molecule has 0 bridgehead atoms. The number of hydrogen-bond donors (Lipinski definition) is 4. The number of piperidine rings is 2. The molecule has 38 heavy (non-hydrogen) atoms. The van der Waals surface area contributed by atoms with E-state index in [0.29, 0.717) is 51.5 Å². The fourth-order valence-electron chi connectivity index (χ4n) is 7.14. The number of rotatable bonds is 7. The number of carbonyl (C=O) groups is 2. The van der Waals surface area contributed by atoms with Crippen molar-refractivity contribution >= 4 is 35.2 Å². The lowest BCUT2D eigenvalue weighted by atomic mass is 9.70. The normalized spacial score (nSPS) is 43.4. The van der Waals surface area contributed by atoms with E-state index in [0.717, 1.165) is 12.8 Å². The number of amides is 2. The van der Waals surface area contributed by atoms with Gasteiger partial charge in [-0.1, -0.05) is 0 Å². The molecule has 4 saturated heterocycles. The maximum Gasteiger partial charge on any atom is 0.345 e. The summed E-state index contributed by atoms with van der Waals surface area (Å²) < 4.78 is 35.4. The fourth-order valence-corrected chi connectivity index (χ4v) is 8.84. The number of alkyl halides is 3. The Kier molecular flexibility index (Phi) is 9.39. The quantitative estimate of drug-likeness (QED) is 0.266. The summed E-state index contributed by atoms with van der Waals surface area (Å²) in [7, 11) is 1.72. The van der Waals surface area contributed by atoms with Crippen LogP contribution in [0.5, 0.6) is 0 Å². The van der Waals surface area contributed by atoms with E-state index >= 15 is 0 Å². The predicted octanol–water partition coefficient (Wildman–Crippen LogP) is 1.51. The highest BCUT2D eigenvalue weighted by Gasteiger charge is 2.47. The molecule has 9 nitrogen and oxygen atoms in total. The lowest BCUT2D eigenvalue weighted by molar-refractivity contribution is -0.162. The summed E-state index contributed by atoms with van der Waals surface area (Å²) in [4.78, 5) is 28.4. The molecular formula is C25H40ClF2N5O4S. The molecule has 11 unspecified atom stereocenters. The molecule has 4 N–H and O–H groups in total. The number of thioether (sulfide) groups is 1. The third-order valence-corrected chi connectivity index (χ3v) is 10.8. The van der Waals surface area contributed by atoms with Crippen LogP contribution in [0.1, 0.15) is 39.0 Å². The van der Waals surface area contributed by atoms with Gasteiger partial charge in [-0.3, -0.25) is 20.2 Å². The van der Waals surface area contributed by atoms with Crippen molar-refractivity contribution in [3.63, 3.8) is 0 Å². The molecule has 1 aliphatic carbocycles. The molecule has 5 fully saturated rings. The molecule has 13 heteroatoms. The molecule has 0 aromatic heterocycles. The van der Waals surface area contributed by atoms with Crippen LogP contribution in [-0.2, 0) is 19.1 Å². The molecule has 4 aliphatic heterocycles. The van der Waals surface area contributed by atoms with Crippen molar-refractivity contribution in [2.75, 3.05) is 33.3 Å². The first kappa shape index (κ1) is 28.8. The molecule has 5 aliphatic rings. The smallest absolute Gasteiger partial charge is 0.345 e. The SMILES string of the molecule is COC1CNC(Cl)CC1C1CC(C)NCC1C(=O)NC1NC2CN(C(=O)C3CCC(OC(F)F)C3)CC2S1. The van der Waals surface area contributed by atoms with Gasteiger partial charge in [0.15, 0.2) is 0 Å². The minimum absolute atomic E-state index is 0.0227. The molecule has 5 rings (SSSR count). The van der Waals surface area contributed by atoms with E-state index in [1.54, 1.807) is 18.9 Å². The van der Waals surface area contributed by atoms with Crippen molar-refractivity contribution in [3.8, 4) is 0 Å². The largest absolute Gasteiger partial charge is 0.380 e. The predicted molar refractivity (Wildman–Crippen MR) is 141 cm³/mol. The first-order valence-corrected chi connectivity index (χ1v) is 15.2. The van der Waals surface area contributed by atoms with Crippen LogP contribution in [0.3, 0.4) is 0 Å². The maximum atomic E-state index is 13.5. The third-order valence-electron chi connectivity index (χ3n) is 9.07. The summed E-state index contributed by atoms with van der Waals surface area (Å²) in [5, 5.41) is 13.7. The highest BCUT2D eigenvalue weighted by Crippen LogP contribution is 2.39. The first-order valence-electron chi connectivity index (χ1n) is 13.8. The Hall–Kier alpha value is -0.760. The zero-order valence-corrected chi connectivity index (χ0v) is 23.5. The van der Waals surface area contributed by atoms with Gasteiger partial charge in [0.2, 0.25) is 11.8 Å². The van der Waals surface area contributed by atoms with E-state index in [2.05, 4.69) is 32.9 Å². The molecule has 216 valence electrons. The van der Waals surface area contributed by atoms with Gasteiger partial charge in [0.25, 0.3) is 0 Å². The first-order chi connectivity index (χ1) is 18.2. The second-order valence-electron chi connectivity index (χ2n) is 11.5. The van der Waals surface area contributed by atoms with Crippen molar-refractivity contribution in [1.29, 1.82) is 0 Å². The van der Waals surface area contributed by atoms with Crippen LogP contribution >= 0.6 is 23.4 Å². The van der Waals surface area contributed by atoms with Crippen molar-refractivity contribution in [3.05, 3.63) is 0 Å². The fraction of sp³-hybridized carbons (Fsp3) is 0.920. The Labute approximate surface area is 232 Å². The van der Waals surface area contributed by atoms with Crippen LogP contribution in [0, 0.1) is 23.7 Å². The summed E-state index contributed by atoms with van der Waals surface area (Å²) in [6, 6.07) is 0.410. The van der Waals surface area contributed by atoms with Crippen LogP contribution in [0.15, 0.2) is 0 Å². The van der Waals surface area contributed by atoms with Gasteiger partial charge >= 0.3 is 6.61 Å². The molecule has 2 amide bonds. The van der Waals surface area contributed by atoms with Crippen LogP contribution in [0.4, 0.5) is 8.78 Å². The van der Waals surface area contributed by atoms with Gasteiger partial charge in [-0.2, -0.15) is 8.78 Å². The number of likely N-dealkylation sites (tertiary alicyclic amines) is 1. The molecule has 0 spiro atoms. The monoisotopic (exact) mass is 579 g/mol. The molecular weight excluding hydrogens is 540 g/mol.